The molecule has 1 aromatic rings. The standard InChI is InChI=1S/C9H9N.C6H15N/c1-8-4-2-3-5-9(8)6-7-10;1-4-7(5-2)6-3/h2-5H,6H2,1H3;4-6H2,1-3H3. The van der Waals surface area contributed by atoms with Gasteiger partial charge < -0.3 is 4.90 Å². The molecule has 94 valence electrons. The summed E-state index contributed by atoms with van der Waals surface area (Å²) in [6.07, 6.45) is 0.521. The van der Waals surface area contributed by atoms with Crippen molar-refractivity contribution in [2.75, 3.05) is 19.6 Å². The van der Waals surface area contributed by atoms with E-state index < -0.39 is 0 Å². The van der Waals surface area contributed by atoms with Gasteiger partial charge in [-0.1, -0.05) is 45.0 Å². The van der Waals surface area contributed by atoms with Crippen molar-refractivity contribution in [2.24, 2.45) is 0 Å². The van der Waals surface area contributed by atoms with E-state index in [-0.39, 0.29) is 0 Å². The van der Waals surface area contributed by atoms with E-state index in [0.29, 0.717) is 6.42 Å². The van der Waals surface area contributed by atoms with E-state index in [2.05, 4.69) is 31.7 Å². The summed E-state index contributed by atoms with van der Waals surface area (Å²) in [6.45, 7) is 12.1. The smallest absolute Gasteiger partial charge is 0.0669 e. The fourth-order valence-electron chi connectivity index (χ4n) is 1.56. The number of nitrogens with zero attached hydrogens (tertiary/aromatic N) is 2. The highest BCUT2D eigenvalue weighted by Gasteiger charge is 1.92. The van der Waals surface area contributed by atoms with E-state index in [1.54, 1.807) is 0 Å². The summed E-state index contributed by atoms with van der Waals surface area (Å²) in [7, 11) is 0. The van der Waals surface area contributed by atoms with Gasteiger partial charge in [0.15, 0.2) is 0 Å². The molecule has 0 aliphatic carbocycles. The first-order valence-corrected chi connectivity index (χ1v) is 6.33. The third-order valence-electron chi connectivity index (χ3n) is 2.87. The third-order valence-corrected chi connectivity index (χ3v) is 2.87. The second-order valence-corrected chi connectivity index (χ2v) is 3.88. The van der Waals surface area contributed by atoms with Gasteiger partial charge in [0.1, 0.15) is 0 Å². The Morgan fingerprint density at radius 2 is 1.59 bits per heavy atom. The predicted molar refractivity (Wildman–Crippen MR) is 74.0 cm³/mol. The molecule has 1 aromatic carbocycles. The monoisotopic (exact) mass is 232 g/mol. The summed E-state index contributed by atoms with van der Waals surface area (Å²) in [5, 5.41) is 8.39. The SMILES string of the molecule is CCN(CC)CC.Cc1ccccc1CC#N. The van der Waals surface area contributed by atoms with Gasteiger partial charge in [-0.05, 0) is 37.7 Å². The average Bonchev–Trinajstić information content (AvgIpc) is 2.35. The molecular weight excluding hydrogens is 208 g/mol. The highest BCUT2D eigenvalue weighted by molar-refractivity contribution is 5.27. The number of aryl methyl sites for hydroxylation is 1. The van der Waals surface area contributed by atoms with Gasteiger partial charge in [0.2, 0.25) is 0 Å². The number of hydrogen-bond donors (Lipinski definition) is 0. The Labute approximate surface area is 106 Å². The highest BCUT2D eigenvalue weighted by atomic mass is 15.1. The van der Waals surface area contributed by atoms with Crippen LogP contribution in [-0.2, 0) is 6.42 Å². The van der Waals surface area contributed by atoms with Crippen LogP contribution >= 0.6 is 0 Å². The minimum atomic E-state index is 0.521. The van der Waals surface area contributed by atoms with E-state index in [1.807, 2.05) is 31.2 Å². The maximum Gasteiger partial charge on any atom is 0.0669 e. The van der Waals surface area contributed by atoms with E-state index in [9.17, 15) is 0 Å². The Bertz CT molecular complexity index is 330. The zero-order valence-electron chi connectivity index (χ0n) is 11.5. The quantitative estimate of drug-likeness (QED) is 0.795. The van der Waals surface area contributed by atoms with Crippen LogP contribution in [-0.4, -0.2) is 24.5 Å². The topological polar surface area (TPSA) is 27.0 Å². The minimum Gasteiger partial charge on any atom is -0.304 e. The lowest BCUT2D eigenvalue weighted by Crippen LogP contribution is -2.21. The van der Waals surface area contributed by atoms with Crippen LogP contribution in [0, 0.1) is 18.3 Å². The van der Waals surface area contributed by atoms with Gasteiger partial charge in [-0.25, -0.2) is 0 Å². The molecule has 0 aliphatic heterocycles. The lowest BCUT2D eigenvalue weighted by atomic mass is 10.1. The van der Waals surface area contributed by atoms with Gasteiger partial charge in [-0.15, -0.1) is 0 Å². The Hall–Kier alpha value is -1.33. The van der Waals surface area contributed by atoms with Gasteiger partial charge in [-0.3, -0.25) is 0 Å². The van der Waals surface area contributed by atoms with Crippen LogP contribution < -0.4 is 0 Å². The van der Waals surface area contributed by atoms with Crippen molar-refractivity contribution in [1.29, 1.82) is 5.26 Å². The third kappa shape index (κ3) is 6.76. The molecule has 0 fully saturated rings. The molecule has 0 saturated heterocycles. The summed E-state index contributed by atoms with van der Waals surface area (Å²) in [6, 6.07) is 10.1. The molecule has 0 bridgehead atoms. The van der Waals surface area contributed by atoms with Gasteiger partial charge in [-0.2, -0.15) is 5.26 Å². The van der Waals surface area contributed by atoms with E-state index in [4.69, 9.17) is 5.26 Å². The lowest BCUT2D eigenvalue weighted by molar-refractivity contribution is 0.321. The molecule has 0 spiro atoms. The summed E-state index contributed by atoms with van der Waals surface area (Å²) < 4.78 is 0. The predicted octanol–water partition coefficient (Wildman–Crippen LogP) is 3.41. The van der Waals surface area contributed by atoms with Gasteiger partial charge >= 0.3 is 0 Å². The van der Waals surface area contributed by atoms with Crippen molar-refractivity contribution in [1.82, 2.24) is 4.90 Å². The van der Waals surface area contributed by atoms with Crippen LogP contribution in [0.3, 0.4) is 0 Å². The van der Waals surface area contributed by atoms with Gasteiger partial charge in [0.05, 0.1) is 12.5 Å². The largest absolute Gasteiger partial charge is 0.304 e. The first-order chi connectivity index (χ1) is 8.19. The molecule has 0 N–H and O–H groups in total. The molecule has 2 heteroatoms. The van der Waals surface area contributed by atoms with Crippen LogP contribution in [0.2, 0.25) is 0 Å². The van der Waals surface area contributed by atoms with Gasteiger partial charge in [0, 0.05) is 0 Å². The van der Waals surface area contributed by atoms with Crippen molar-refractivity contribution in [2.45, 2.75) is 34.1 Å². The highest BCUT2D eigenvalue weighted by Crippen LogP contribution is 2.06. The fraction of sp³-hybridized carbons (Fsp3) is 0.533. The zero-order valence-corrected chi connectivity index (χ0v) is 11.5. The molecule has 1 rings (SSSR count). The Morgan fingerprint density at radius 1 is 1.06 bits per heavy atom. The van der Waals surface area contributed by atoms with Crippen molar-refractivity contribution in [3.63, 3.8) is 0 Å². The molecule has 17 heavy (non-hydrogen) atoms. The van der Waals surface area contributed by atoms with Crippen LogP contribution in [0.1, 0.15) is 31.9 Å². The zero-order chi connectivity index (χ0) is 13.1. The molecule has 0 heterocycles. The summed E-state index contributed by atoms with van der Waals surface area (Å²) >= 11 is 0. The number of nitriles is 1. The lowest BCUT2D eigenvalue weighted by Gasteiger charge is -2.13. The van der Waals surface area contributed by atoms with Gasteiger partial charge in [0.25, 0.3) is 0 Å². The second-order valence-electron chi connectivity index (χ2n) is 3.88. The first-order valence-electron chi connectivity index (χ1n) is 6.33. The maximum atomic E-state index is 8.39. The molecule has 0 amide bonds. The van der Waals surface area contributed by atoms with Crippen LogP contribution in [0.5, 0.6) is 0 Å². The molecule has 2 nitrogen and oxygen atoms in total. The van der Waals surface area contributed by atoms with E-state index >= 15 is 0 Å². The van der Waals surface area contributed by atoms with Crippen LogP contribution in [0.4, 0.5) is 0 Å². The summed E-state index contributed by atoms with van der Waals surface area (Å²) in [4.78, 5) is 2.38. The van der Waals surface area contributed by atoms with Crippen molar-refractivity contribution < 1.29 is 0 Å². The maximum absolute atomic E-state index is 8.39. The molecule has 0 atom stereocenters. The normalized spacial score (nSPS) is 9.41. The first kappa shape index (κ1) is 15.7. The Kier molecular flexibility index (Phi) is 9.09. The summed E-state index contributed by atoms with van der Waals surface area (Å²) in [5.74, 6) is 0. The number of rotatable bonds is 4. The van der Waals surface area contributed by atoms with Crippen LogP contribution in [0.25, 0.3) is 0 Å². The molecule has 0 radical (unpaired) electrons. The molecular formula is C15H24N2. The van der Waals surface area contributed by atoms with Crippen LogP contribution in [0.15, 0.2) is 24.3 Å². The molecule has 0 unspecified atom stereocenters. The molecule has 0 aliphatic rings. The fourth-order valence-corrected chi connectivity index (χ4v) is 1.56. The van der Waals surface area contributed by atoms with E-state index in [1.165, 1.54) is 25.2 Å². The molecule has 0 aromatic heterocycles. The number of benzene rings is 1. The Morgan fingerprint density at radius 3 is 1.94 bits per heavy atom. The van der Waals surface area contributed by atoms with Crippen molar-refractivity contribution >= 4 is 0 Å². The second kappa shape index (κ2) is 9.86. The minimum absolute atomic E-state index is 0.521. The average molecular weight is 232 g/mol. The van der Waals surface area contributed by atoms with E-state index in [0.717, 1.165) is 5.56 Å². The Balaban J connectivity index is 0.000000325. The number of hydrogen-bond acceptors (Lipinski definition) is 2. The van der Waals surface area contributed by atoms with Crippen molar-refractivity contribution in [3.05, 3.63) is 35.4 Å². The summed E-state index contributed by atoms with van der Waals surface area (Å²) in [5.41, 5.74) is 2.33. The van der Waals surface area contributed by atoms with Crippen molar-refractivity contribution in [3.8, 4) is 6.07 Å². The molecule has 0 saturated carbocycles.